The van der Waals surface area contributed by atoms with Crippen molar-refractivity contribution in [3.05, 3.63) is 60.2 Å². The highest BCUT2D eigenvalue weighted by atomic mass is 15.6. The van der Waals surface area contributed by atoms with Crippen molar-refractivity contribution >= 4 is 22.2 Å². The monoisotopic (exact) mass is 290 g/mol. The van der Waals surface area contributed by atoms with Crippen LogP contribution in [0.2, 0.25) is 0 Å². The topological polar surface area (TPSA) is 68.0 Å². The van der Waals surface area contributed by atoms with Crippen molar-refractivity contribution in [1.29, 1.82) is 0 Å². The summed E-state index contributed by atoms with van der Waals surface area (Å²) < 4.78 is 1.41. The van der Waals surface area contributed by atoms with Crippen LogP contribution in [0.3, 0.4) is 0 Å². The van der Waals surface area contributed by atoms with Crippen molar-refractivity contribution in [2.75, 3.05) is 5.32 Å². The summed E-state index contributed by atoms with van der Waals surface area (Å²) in [5.41, 5.74) is 1.86. The number of anilines is 1. The number of hydrogen-bond acceptors (Lipinski definition) is 5. The van der Waals surface area contributed by atoms with Gasteiger partial charge in [-0.05, 0) is 45.8 Å². The molecule has 0 radical (unpaired) electrons. The van der Waals surface area contributed by atoms with Crippen LogP contribution < -0.4 is 5.32 Å². The van der Waals surface area contributed by atoms with E-state index < -0.39 is 0 Å². The van der Waals surface area contributed by atoms with Gasteiger partial charge in [0.15, 0.2) is 5.65 Å². The molecule has 1 N–H and O–H groups in total. The van der Waals surface area contributed by atoms with Crippen molar-refractivity contribution < 1.29 is 0 Å². The number of fused-ring (bicyclic) bond motifs is 2. The van der Waals surface area contributed by atoms with E-state index in [0.29, 0.717) is 5.65 Å². The molecule has 0 fully saturated rings. The highest BCUT2D eigenvalue weighted by Gasteiger charge is 2.10. The third-order valence-electron chi connectivity index (χ3n) is 3.72. The minimum Gasteiger partial charge on any atom is -0.362 e. The van der Waals surface area contributed by atoms with E-state index in [-0.39, 0.29) is 6.04 Å². The van der Waals surface area contributed by atoms with Crippen molar-refractivity contribution in [3.63, 3.8) is 0 Å². The Morgan fingerprint density at radius 1 is 1.00 bits per heavy atom. The predicted octanol–water partition coefficient (Wildman–Crippen LogP) is 2.85. The molecule has 0 amide bonds. The van der Waals surface area contributed by atoms with Crippen LogP contribution in [0.5, 0.6) is 0 Å². The summed E-state index contributed by atoms with van der Waals surface area (Å²) >= 11 is 0. The van der Waals surface area contributed by atoms with E-state index in [2.05, 4.69) is 75.3 Å². The van der Waals surface area contributed by atoms with Gasteiger partial charge in [-0.3, -0.25) is 0 Å². The lowest BCUT2D eigenvalue weighted by atomic mass is 10.00. The number of aromatic nitrogens is 5. The molecule has 1 atom stereocenters. The first-order valence-electron chi connectivity index (χ1n) is 7.11. The van der Waals surface area contributed by atoms with Gasteiger partial charge in [0.25, 0.3) is 0 Å². The number of benzene rings is 2. The van der Waals surface area contributed by atoms with Crippen LogP contribution in [0, 0.1) is 0 Å². The van der Waals surface area contributed by atoms with Gasteiger partial charge in [0, 0.05) is 0 Å². The van der Waals surface area contributed by atoms with Gasteiger partial charge < -0.3 is 5.32 Å². The van der Waals surface area contributed by atoms with Crippen molar-refractivity contribution in [1.82, 2.24) is 25.3 Å². The van der Waals surface area contributed by atoms with Gasteiger partial charge in [-0.15, -0.1) is 14.8 Å². The largest absolute Gasteiger partial charge is 0.362 e. The van der Waals surface area contributed by atoms with Crippen LogP contribution in [0.15, 0.2) is 54.6 Å². The summed E-state index contributed by atoms with van der Waals surface area (Å²) in [5, 5.41) is 21.5. The summed E-state index contributed by atoms with van der Waals surface area (Å²) in [6.07, 6.45) is 0. The standard InChI is InChI=1S/C16H14N6/c1-11(13-8-4-6-12-5-2-3-7-14(12)13)17-15-9-10-16-18-20-21-22(16)19-15/h2-11H,1H3,(H,17,19). The molecule has 2 aromatic heterocycles. The number of nitrogens with zero attached hydrogens (tertiary/aromatic N) is 5. The molecule has 0 aliphatic carbocycles. The zero-order valence-electron chi connectivity index (χ0n) is 12.0. The Balaban J connectivity index is 1.69. The molecule has 6 heteroatoms. The molecule has 0 aliphatic rings. The molecular formula is C16H14N6. The average Bonchev–Trinajstić information content (AvgIpc) is 3.02. The molecule has 0 spiro atoms. The Morgan fingerprint density at radius 2 is 1.86 bits per heavy atom. The lowest BCUT2D eigenvalue weighted by Crippen LogP contribution is -2.10. The van der Waals surface area contributed by atoms with E-state index in [1.54, 1.807) is 0 Å². The molecule has 0 saturated heterocycles. The molecule has 0 saturated carbocycles. The minimum absolute atomic E-state index is 0.118. The first-order chi connectivity index (χ1) is 10.8. The Labute approximate surface area is 126 Å². The maximum absolute atomic E-state index is 4.35. The van der Waals surface area contributed by atoms with Gasteiger partial charge in [0.05, 0.1) is 6.04 Å². The van der Waals surface area contributed by atoms with E-state index in [1.807, 2.05) is 12.1 Å². The van der Waals surface area contributed by atoms with Gasteiger partial charge in [0.1, 0.15) is 5.82 Å². The first-order valence-corrected chi connectivity index (χ1v) is 7.11. The molecule has 2 heterocycles. The average molecular weight is 290 g/mol. The van der Waals surface area contributed by atoms with Gasteiger partial charge in [-0.2, -0.15) is 0 Å². The van der Waals surface area contributed by atoms with Crippen LogP contribution in [-0.2, 0) is 0 Å². The maximum atomic E-state index is 4.35. The Hall–Kier alpha value is -3.02. The second-order valence-electron chi connectivity index (χ2n) is 5.18. The fourth-order valence-electron chi connectivity index (χ4n) is 2.65. The van der Waals surface area contributed by atoms with Crippen LogP contribution in [-0.4, -0.2) is 25.3 Å². The molecule has 108 valence electrons. The predicted molar refractivity (Wildman–Crippen MR) is 84.6 cm³/mol. The quantitative estimate of drug-likeness (QED) is 0.628. The highest BCUT2D eigenvalue weighted by molar-refractivity contribution is 5.86. The SMILES string of the molecule is CC(Nc1ccc2nnnn2n1)c1cccc2ccccc12. The zero-order chi connectivity index (χ0) is 14.9. The number of tetrazole rings is 1. The first kappa shape index (κ1) is 12.7. The van der Waals surface area contributed by atoms with Crippen LogP contribution in [0.25, 0.3) is 16.4 Å². The maximum Gasteiger partial charge on any atom is 0.200 e. The molecule has 6 nitrogen and oxygen atoms in total. The second-order valence-corrected chi connectivity index (χ2v) is 5.18. The molecule has 22 heavy (non-hydrogen) atoms. The Kier molecular flexibility index (Phi) is 2.93. The zero-order valence-corrected chi connectivity index (χ0v) is 12.0. The summed E-state index contributed by atoms with van der Waals surface area (Å²) in [6, 6.07) is 18.5. The third-order valence-corrected chi connectivity index (χ3v) is 3.72. The van der Waals surface area contributed by atoms with Gasteiger partial charge in [-0.25, -0.2) is 0 Å². The fourth-order valence-corrected chi connectivity index (χ4v) is 2.65. The van der Waals surface area contributed by atoms with Gasteiger partial charge in [-0.1, -0.05) is 42.5 Å². The highest BCUT2D eigenvalue weighted by Crippen LogP contribution is 2.26. The summed E-state index contributed by atoms with van der Waals surface area (Å²) in [5.74, 6) is 0.736. The number of hydrogen-bond donors (Lipinski definition) is 1. The molecule has 4 rings (SSSR count). The van der Waals surface area contributed by atoms with Crippen LogP contribution in [0.4, 0.5) is 5.82 Å². The van der Waals surface area contributed by atoms with E-state index in [0.717, 1.165) is 5.82 Å². The van der Waals surface area contributed by atoms with Crippen molar-refractivity contribution in [2.45, 2.75) is 13.0 Å². The molecule has 4 aromatic rings. The number of rotatable bonds is 3. The van der Waals surface area contributed by atoms with Crippen molar-refractivity contribution in [3.8, 4) is 0 Å². The summed E-state index contributed by atoms with van der Waals surface area (Å²) in [6.45, 7) is 2.12. The normalized spacial score (nSPS) is 12.6. The summed E-state index contributed by atoms with van der Waals surface area (Å²) in [7, 11) is 0. The Bertz CT molecular complexity index is 940. The Morgan fingerprint density at radius 3 is 2.82 bits per heavy atom. The number of nitrogens with one attached hydrogen (secondary N) is 1. The third kappa shape index (κ3) is 2.14. The summed E-state index contributed by atoms with van der Waals surface area (Å²) in [4.78, 5) is 0. The molecular weight excluding hydrogens is 276 g/mol. The van der Waals surface area contributed by atoms with E-state index in [9.17, 15) is 0 Å². The van der Waals surface area contributed by atoms with E-state index in [1.165, 1.54) is 21.0 Å². The lowest BCUT2D eigenvalue weighted by molar-refractivity contribution is 0.728. The van der Waals surface area contributed by atoms with Gasteiger partial charge in [0.2, 0.25) is 0 Å². The van der Waals surface area contributed by atoms with Crippen molar-refractivity contribution in [2.24, 2.45) is 0 Å². The minimum atomic E-state index is 0.118. The lowest BCUT2D eigenvalue weighted by Gasteiger charge is -2.17. The molecule has 0 aliphatic heterocycles. The van der Waals surface area contributed by atoms with Crippen LogP contribution >= 0.6 is 0 Å². The van der Waals surface area contributed by atoms with Gasteiger partial charge >= 0.3 is 0 Å². The van der Waals surface area contributed by atoms with E-state index >= 15 is 0 Å². The van der Waals surface area contributed by atoms with E-state index in [4.69, 9.17) is 0 Å². The second kappa shape index (κ2) is 5.07. The molecule has 0 bridgehead atoms. The molecule has 2 aromatic carbocycles. The van der Waals surface area contributed by atoms with Crippen LogP contribution in [0.1, 0.15) is 18.5 Å². The smallest absolute Gasteiger partial charge is 0.200 e. The molecule has 1 unspecified atom stereocenters. The fraction of sp³-hybridized carbons (Fsp3) is 0.125.